The third kappa shape index (κ3) is 9.00. The molecular weight excluding hydrogens is 542 g/mol. The van der Waals surface area contributed by atoms with Crippen molar-refractivity contribution in [3.63, 3.8) is 0 Å². The normalized spacial score (nSPS) is 23.4. The molecule has 1 heterocycles. The smallest absolute Gasteiger partial charge is 0.379 e. The van der Waals surface area contributed by atoms with Crippen LogP contribution >= 0.6 is 0 Å². The molecule has 16 nitrogen and oxygen atoms in total. The average molecular weight is 576 g/mol. The van der Waals surface area contributed by atoms with Crippen LogP contribution in [0.1, 0.15) is 54.9 Å². The summed E-state index contributed by atoms with van der Waals surface area (Å²) in [4.78, 5) is 98.8. The number of nitrogens with zero attached hydrogens (tertiary/aromatic N) is 1. The maximum atomic E-state index is 13.0. The molecule has 1 saturated heterocycles. The van der Waals surface area contributed by atoms with Crippen molar-refractivity contribution in [3.05, 3.63) is 0 Å². The van der Waals surface area contributed by atoms with E-state index < -0.39 is 96.9 Å². The van der Waals surface area contributed by atoms with Crippen LogP contribution in [0, 0.1) is 0 Å². The third-order valence-electron chi connectivity index (χ3n) is 5.37. The van der Waals surface area contributed by atoms with Gasteiger partial charge in [0.2, 0.25) is 11.8 Å². The van der Waals surface area contributed by atoms with Gasteiger partial charge >= 0.3 is 41.6 Å². The van der Waals surface area contributed by atoms with Crippen LogP contribution in [0.3, 0.4) is 0 Å². The lowest BCUT2D eigenvalue weighted by molar-refractivity contribution is -0.310. The van der Waals surface area contributed by atoms with E-state index in [2.05, 4.69) is 0 Å². The van der Waals surface area contributed by atoms with Crippen molar-refractivity contribution in [2.75, 3.05) is 13.7 Å². The molecule has 0 bridgehead atoms. The highest BCUT2D eigenvalue weighted by molar-refractivity contribution is 5.93. The minimum atomic E-state index is -2.66. The molecule has 0 N–H and O–H groups in total. The summed E-state index contributed by atoms with van der Waals surface area (Å²) in [7, 11) is 0.933. The van der Waals surface area contributed by atoms with Gasteiger partial charge in [-0.2, -0.15) is 0 Å². The van der Waals surface area contributed by atoms with E-state index in [9.17, 15) is 38.4 Å². The van der Waals surface area contributed by atoms with Crippen molar-refractivity contribution < 1.29 is 71.5 Å². The SMILES string of the molecule is COC(=O)[C@]1(OC(C)=O)C[C@H](OC(C)=O)[C@@H](N(C(C)=O)C(C)=O)[C@H]([C@H](OC(C)=O)[C@@H](COC(C)=O)OC(C)=O)O1. The molecule has 6 atom stereocenters. The van der Waals surface area contributed by atoms with Gasteiger partial charge in [-0.3, -0.25) is 38.5 Å². The standard InChI is InChI=1S/C24H33NO15/c1-11(26)25(12(2)27)20-18(36-14(4)29)9-24(23(33)34-8,39-17(7)32)40-22(20)21(38-16(6)31)19(37-15(5)30)10-35-13(3)28/h18-22H,9-10H2,1-8H3/t18-,19+,20+,21+,22+,24-/m0/s1. The van der Waals surface area contributed by atoms with Gasteiger partial charge in [0.25, 0.3) is 0 Å². The van der Waals surface area contributed by atoms with E-state index in [1.54, 1.807) is 0 Å². The van der Waals surface area contributed by atoms with E-state index >= 15 is 0 Å². The Morgan fingerprint density at radius 3 is 1.75 bits per heavy atom. The summed E-state index contributed by atoms with van der Waals surface area (Å²) < 4.78 is 36.8. The van der Waals surface area contributed by atoms with Gasteiger partial charge in [-0.05, 0) is 0 Å². The van der Waals surface area contributed by atoms with Crippen LogP contribution in [0.4, 0.5) is 0 Å². The van der Waals surface area contributed by atoms with Gasteiger partial charge in [0.05, 0.1) is 13.5 Å². The summed E-state index contributed by atoms with van der Waals surface area (Å²) in [5.41, 5.74) is 0. The van der Waals surface area contributed by atoms with Gasteiger partial charge in [0.15, 0.2) is 12.2 Å². The highest BCUT2D eigenvalue weighted by atomic mass is 16.8. The molecule has 0 spiro atoms. The molecule has 0 aromatic carbocycles. The molecule has 1 rings (SSSR count). The first-order chi connectivity index (χ1) is 18.4. The molecular formula is C24H33NO15. The average Bonchev–Trinajstić information content (AvgIpc) is 2.79. The number of carbonyl (C=O) groups excluding carboxylic acids is 8. The minimum Gasteiger partial charge on any atom is -0.464 e. The first-order valence-electron chi connectivity index (χ1n) is 11.9. The number of rotatable bonds is 10. The maximum absolute atomic E-state index is 13.0. The summed E-state index contributed by atoms with van der Waals surface area (Å²) in [6.07, 6.45) is -7.83. The Morgan fingerprint density at radius 2 is 1.35 bits per heavy atom. The maximum Gasteiger partial charge on any atom is 0.379 e. The van der Waals surface area contributed by atoms with E-state index in [0.717, 1.165) is 55.6 Å². The molecule has 0 aliphatic carbocycles. The second-order valence-corrected chi connectivity index (χ2v) is 8.70. The van der Waals surface area contributed by atoms with Crippen molar-refractivity contribution in [2.45, 2.75) is 91.1 Å². The second kappa shape index (κ2) is 14.3. The first kappa shape index (κ1) is 33.9. The number of imide groups is 1. The topological polar surface area (TPSA) is 204 Å². The molecule has 40 heavy (non-hydrogen) atoms. The predicted molar refractivity (Wildman–Crippen MR) is 126 cm³/mol. The van der Waals surface area contributed by atoms with Crippen molar-refractivity contribution in [3.8, 4) is 0 Å². The Hall–Kier alpha value is -4.08. The van der Waals surface area contributed by atoms with Crippen LogP contribution in [0.5, 0.6) is 0 Å². The lowest BCUT2D eigenvalue weighted by atomic mass is 9.86. The Morgan fingerprint density at radius 1 is 0.800 bits per heavy atom. The van der Waals surface area contributed by atoms with E-state index in [4.69, 9.17) is 33.2 Å². The molecule has 224 valence electrons. The Bertz CT molecular complexity index is 1030. The van der Waals surface area contributed by atoms with Gasteiger partial charge in [0.1, 0.15) is 24.9 Å². The summed E-state index contributed by atoms with van der Waals surface area (Å²) in [5.74, 6) is -10.5. The molecule has 0 saturated carbocycles. The summed E-state index contributed by atoms with van der Waals surface area (Å²) in [5, 5.41) is 0. The number of amides is 2. The lowest BCUT2D eigenvalue weighted by Crippen LogP contribution is -2.70. The zero-order chi connectivity index (χ0) is 30.9. The van der Waals surface area contributed by atoms with Gasteiger partial charge in [0, 0.05) is 48.5 Å². The van der Waals surface area contributed by atoms with Gasteiger partial charge in [-0.25, -0.2) is 4.79 Å². The van der Waals surface area contributed by atoms with Crippen LogP contribution in [0.2, 0.25) is 0 Å². The van der Waals surface area contributed by atoms with Crippen LogP contribution in [-0.4, -0.2) is 102 Å². The van der Waals surface area contributed by atoms with Crippen LogP contribution < -0.4 is 0 Å². The third-order valence-corrected chi connectivity index (χ3v) is 5.37. The molecule has 0 aromatic rings. The zero-order valence-electron chi connectivity index (χ0n) is 23.4. The molecule has 0 radical (unpaired) electrons. The second-order valence-electron chi connectivity index (χ2n) is 8.70. The van der Waals surface area contributed by atoms with Crippen molar-refractivity contribution in [1.29, 1.82) is 0 Å². The molecule has 2 amide bonds. The highest BCUT2D eigenvalue weighted by Gasteiger charge is 2.62. The number of hydrogen-bond acceptors (Lipinski definition) is 15. The molecule has 1 aliphatic heterocycles. The summed E-state index contributed by atoms with van der Waals surface area (Å²) in [6, 6.07) is -1.66. The molecule has 0 unspecified atom stereocenters. The fourth-order valence-corrected chi connectivity index (χ4v) is 4.26. The number of hydrogen-bond donors (Lipinski definition) is 0. The number of ether oxygens (including phenoxy) is 7. The monoisotopic (exact) mass is 575 g/mol. The summed E-state index contributed by atoms with van der Waals surface area (Å²) >= 11 is 0. The fourth-order valence-electron chi connectivity index (χ4n) is 4.26. The van der Waals surface area contributed by atoms with Crippen LogP contribution in [-0.2, 0) is 71.5 Å². The fraction of sp³-hybridized carbons (Fsp3) is 0.667. The number of methoxy groups -OCH3 is 1. The number of esters is 6. The van der Waals surface area contributed by atoms with E-state index in [-0.39, 0.29) is 0 Å². The van der Waals surface area contributed by atoms with Crippen LogP contribution in [0.25, 0.3) is 0 Å². The van der Waals surface area contributed by atoms with Gasteiger partial charge < -0.3 is 33.2 Å². The molecule has 1 aliphatic rings. The quantitative estimate of drug-likeness (QED) is 0.234. The van der Waals surface area contributed by atoms with E-state index in [1.807, 2.05) is 0 Å². The van der Waals surface area contributed by atoms with Crippen molar-refractivity contribution in [2.24, 2.45) is 0 Å². The van der Waals surface area contributed by atoms with Crippen LogP contribution in [0.15, 0.2) is 0 Å². The van der Waals surface area contributed by atoms with E-state index in [1.165, 1.54) is 0 Å². The van der Waals surface area contributed by atoms with Gasteiger partial charge in [-0.15, -0.1) is 0 Å². The number of carbonyl (C=O) groups is 8. The zero-order valence-corrected chi connectivity index (χ0v) is 23.4. The van der Waals surface area contributed by atoms with Crippen molar-refractivity contribution >= 4 is 47.6 Å². The minimum absolute atomic E-state index is 0.612. The van der Waals surface area contributed by atoms with Gasteiger partial charge in [-0.1, -0.05) is 0 Å². The molecule has 0 aromatic heterocycles. The summed E-state index contributed by atoms with van der Waals surface area (Å²) in [6.45, 7) is 6.18. The first-order valence-corrected chi connectivity index (χ1v) is 11.9. The largest absolute Gasteiger partial charge is 0.464 e. The molecule has 1 fully saturated rings. The lowest BCUT2D eigenvalue weighted by Gasteiger charge is -2.50. The highest BCUT2D eigenvalue weighted by Crippen LogP contribution is 2.39. The Labute approximate surface area is 229 Å². The van der Waals surface area contributed by atoms with E-state index in [0.29, 0.717) is 4.90 Å². The Balaban J connectivity index is 4.08. The Kier molecular flexibility index (Phi) is 12.2. The predicted octanol–water partition coefficient (Wildman–Crippen LogP) is -0.670. The molecule has 16 heteroatoms. The van der Waals surface area contributed by atoms with Crippen molar-refractivity contribution in [1.82, 2.24) is 4.90 Å².